The molecular formula is C30H35N3O7. The molecule has 0 unspecified atom stereocenters. The average molecular weight is 550 g/mol. The minimum atomic E-state index is -1.88. The second-order valence-corrected chi connectivity index (χ2v) is 11.2. The third-order valence-electron chi connectivity index (χ3n) is 7.42. The maximum absolute atomic E-state index is 13.5. The number of aliphatic hydroxyl groups is 1. The maximum Gasteiger partial charge on any atom is 0.410 e. The molecule has 2 N–H and O–H groups in total. The van der Waals surface area contributed by atoms with E-state index in [0.29, 0.717) is 30.0 Å². The highest BCUT2D eigenvalue weighted by Gasteiger charge is 2.45. The number of pyridine rings is 2. The SMILES string of the molecule is CCc1ccc(O[C@@H](CC)NC(=O)OC(C)(C)C)c2cc3c(nc12)-c1cc2c(c(=O)n1C3)COC(=O)[C@]2(O)CC. The second kappa shape index (κ2) is 9.92. The standard InChI is InChI=1S/C30H35N3O7/c1-7-16-10-11-22(39-23(8-2)31-28(36)40-29(4,5)6)18-12-17-14-33-21(25(17)32-24(16)18)13-20-19(26(33)34)15-38-27(35)30(20,37)9-3/h10-13,23,37H,7-9,14-15H2,1-6H3,(H,31,36)/t23-,30-/m0/s1. The molecule has 10 nitrogen and oxygen atoms in total. The number of esters is 1. The monoisotopic (exact) mass is 549 g/mol. The number of nitrogens with one attached hydrogen (secondary N) is 1. The van der Waals surface area contributed by atoms with Crippen LogP contribution in [0.2, 0.25) is 0 Å². The first-order valence-electron chi connectivity index (χ1n) is 13.7. The van der Waals surface area contributed by atoms with Crippen LogP contribution < -0.4 is 15.6 Å². The van der Waals surface area contributed by atoms with Gasteiger partial charge in [-0.15, -0.1) is 0 Å². The van der Waals surface area contributed by atoms with Crippen molar-refractivity contribution in [1.29, 1.82) is 0 Å². The number of cyclic esters (lactones) is 1. The number of nitrogens with zero attached hydrogens (tertiary/aromatic N) is 2. The number of amides is 1. The molecule has 0 radical (unpaired) electrons. The Labute approximate surface area is 232 Å². The molecule has 212 valence electrons. The van der Waals surface area contributed by atoms with Gasteiger partial charge in [0.15, 0.2) is 11.8 Å². The third kappa shape index (κ3) is 4.60. The smallest absolute Gasteiger partial charge is 0.410 e. The highest BCUT2D eigenvalue weighted by Crippen LogP contribution is 2.40. The molecular weight excluding hydrogens is 514 g/mol. The lowest BCUT2D eigenvalue weighted by Crippen LogP contribution is -2.44. The van der Waals surface area contributed by atoms with Gasteiger partial charge in [-0.3, -0.25) is 10.1 Å². The van der Waals surface area contributed by atoms with Gasteiger partial charge in [-0.1, -0.05) is 26.8 Å². The van der Waals surface area contributed by atoms with Crippen LogP contribution in [0, 0.1) is 0 Å². The van der Waals surface area contributed by atoms with Crippen LogP contribution in [0.4, 0.5) is 4.79 Å². The van der Waals surface area contributed by atoms with E-state index < -0.39 is 29.5 Å². The van der Waals surface area contributed by atoms with E-state index in [1.165, 1.54) is 0 Å². The van der Waals surface area contributed by atoms with Crippen LogP contribution >= 0.6 is 0 Å². The lowest BCUT2D eigenvalue weighted by atomic mass is 9.86. The number of alkyl carbamates (subject to hydrolysis) is 1. The molecule has 0 saturated carbocycles. The Morgan fingerprint density at radius 1 is 1.23 bits per heavy atom. The largest absolute Gasteiger partial charge is 0.470 e. The minimum absolute atomic E-state index is 0.0797. The Bertz CT molecular complexity index is 1590. The van der Waals surface area contributed by atoms with Crippen LogP contribution in [0.3, 0.4) is 0 Å². The quantitative estimate of drug-likeness (QED) is 0.269. The molecule has 40 heavy (non-hydrogen) atoms. The Kier molecular flexibility index (Phi) is 6.86. The summed E-state index contributed by atoms with van der Waals surface area (Å²) in [6, 6.07) is 7.48. The van der Waals surface area contributed by atoms with Crippen LogP contribution in [0.25, 0.3) is 22.3 Å². The predicted molar refractivity (Wildman–Crippen MR) is 148 cm³/mol. The van der Waals surface area contributed by atoms with E-state index in [2.05, 4.69) is 5.32 Å². The lowest BCUT2D eigenvalue weighted by Gasteiger charge is -2.31. The molecule has 1 amide bonds. The molecule has 0 aliphatic carbocycles. The Morgan fingerprint density at radius 2 is 1.98 bits per heavy atom. The molecule has 5 rings (SSSR count). The number of rotatable bonds is 6. The topological polar surface area (TPSA) is 129 Å². The van der Waals surface area contributed by atoms with E-state index >= 15 is 0 Å². The average Bonchev–Trinajstić information content (AvgIpc) is 3.26. The first-order valence-corrected chi connectivity index (χ1v) is 13.7. The fourth-order valence-corrected chi connectivity index (χ4v) is 5.29. The molecule has 10 heteroatoms. The van der Waals surface area contributed by atoms with Crippen molar-refractivity contribution < 1.29 is 28.9 Å². The third-order valence-corrected chi connectivity index (χ3v) is 7.42. The number of benzene rings is 1. The molecule has 2 atom stereocenters. The summed E-state index contributed by atoms with van der Waals surface area (Å²) in [4.78, 5) is 43.4. The van der Waals surface area contributed by atoms with E-state index in [1.54, 1.807) is 38.3 Å². The highest BCUT2D eigenvalue weighted by molar-refractivity contribution is 5.92. The first kappa shape index (κ1) is 27.6. The van der Waals surface area contributed by atoms with Gasteiger partial charge in [0, 0.05) is 22.9 Å². The molecule has 0 saturated heterocycles. The van der Waals surface area contributed by atoms with Crippen molar-refractivity contribution in [2.45, 2.75) is 91.4 Å². The molecule has 0 fully saturated rings. The summed E-state index contributed by atoms with van der Waals surface area (Å²) in [6.45, 7) is 11.1. The van der Waals surface area contributed by atoms with Gasteiger partial charge in [0.05, 0.1) is 29.0 Å². The normalized spacial score (nSPS) is 18.4. The van der Waals surface area contributed by atoms with Gasteiger partial charge in [-0.2, -0.15) is 0 Å². The van der Waals surface area contributed by atoms with E-state index in [9.17, 15) is 19.5 Å². The van der Waals surface area contributed by atoms with Crippen LogP contribution in [0.15, 0.2) is 29.1 Å². The van der Waals surface area contributed by atoms with Gasteiger partial charge in [0.25, 0.3) is 5.56 Å². The van der Waals surface area contributed by atoms with Crippen molar-refractivity contribution >= 4 is 23.0 Å². The predicted octanol–water partition coefficient (Wildman–Crippen LogP) is 4.28. The molecule has 2 aliphatic heterocycles. The van der Waals surface area contributed by atoms with Crippen LogP contribution in [0.1, 0.15) is 76.6 Å². The molecule has 4 heterocycles. The highest BCUT2D eigenvalue weighted by atomic mass is 16.6. The van der Waals surface area contributed by atoms with Crippen molar-refractivity contribution in [3.63, 3.8) is 0 Å². The zero-order chi connectivity index (χ0) is 29.0. The van der Waals surface area contributed by atoms with Gasteiger partial charge in [0.1, 0.15) is 18.0 Å². The van der Waals surface area contributed by atoms with Crippen LogP contribution in [-0.4, -0.2) is 38.5 Å². The molecule has 1 aromatic carbocycles. The summed E-state index contributed by atoms with van der Waals surface area (Å²) in [7, 11) is 0. The molecule has 0 spiro atoms. The molecule has 2 aliphatic rings. The minimum Gasteiger partial charge on any atom is -0.470 e. The number of fused-ring (bicyclic) bond motifs is 5. The molecule has 3 aromatic rings. The molecule has 0 bridgehead atoms. The number of ether oxygens (including phenoxy) is 3. The van der Waals surface area contributed by atoms with Gasteiger partial charge < -0.3 is 23.9 Å². The van der Waals surface area contributed by atoms with E-state index in [4.69, 9.17) is 19.2 Å². The second-order valence-electron chi connectivity index (χ2n) is 11.2. The maximum atomic E-state index is 13.5. The summed E-state index contributed by atoms with van der Waals surface area (Å²) < 4.78 is 18.4. The van der Waals surface area contributed by atoms with Crippen molar-refractivity contribution in [3.05, 3.63) is 56.9 Å². The zero-order valence-corrected chi connectivity index (χ0v) is 23.7. The number of aromatic nitrogens is 2. The Balaban J connectivity index is 1.59. The van der Waals surface area contributed by atoms with Gasteiger partial charge >= 0.3 is 12.1 Å². The van der Waals surface area contributed by atoms with Crippen molar-refractivity contribution in [2.24, 2.45) is 0 Å². The van der Waals surface area contributed by atoms with Crippen LogP contribution in [-0.2, 0) is 39.4 Å². The van der Waals surface area contributed by atoms with Crippen LogP contribution in [0.5, 0.6) is 5.75 Å². The lowest BCUT2D eigenvalue weighted by molar-refractivity contribution is -0.172. The summed E-state index contributed by atoms with van der Waals surface area (Å²) >= 11 is 0. The summed E-state index contributed by atoms with van der Waals surface area (Å²) in [5.74, 6) is -0.204. The number of carbonyl (C=O) groups excluding carboxylic acids is 2. The van der Waals surface area contributed by atoms with Gasteiger partial charge in [-0.25, -0.2) is 14.6 Å². The zero-order valence-electron chi connectivity index (χ0n) is 23.7. The van der Waals surface area contributed by atoms with Gasteiger partial charge in [-0.05, 0) is 57.4 Å². The first-order chi connectivity index (χ1) is 18.9. The van der Waals surface area contributed by atoms with E-state index in [0.717, 1.165) is 22.0 Å². The van der Waals surface area contributed by atoms with Crippen molar-refractivity contribution in [1.82, 2.24) is 14.9 Å². The number of aryl methyl sites for hydroxylation is 1. The van der Waals surface area contributed by atoms with Gasteiger partial charge in [0.2, 0.25) is 0 Å². The number of hydrogen-bond acceptors (Lipinski definition) is 8. The fraction of sp³-hybridized carbons (Fsp3) is 0.467. The summed E-state index contributed by atoms with van der Waals surface area (Å²) in [6.07, 6.45) is 0.100. The van der Waals surface area contributed by atoms with Crippen molar-refractivity contribution in [2.75, 3.05) is 0 Å². The van der Waals surface area contributed by atoms with E-state index in [-0.39, 0.29) is 36.3 Å². The summed E-state index contributed by atoms with van der Waals surface area (Å²) in [5, 5.41) is 14.7. The fourth-order valence-electron chi connectivity index (χ4n) is 5.29. The molecule has 2 aromatic heterocycles. The Hall–Kier alpha value is -3.92. The number of hydrogen-bond donors (Lipinski definition) is 2. The van der Waals surface area contributed by atoms with E-state index in [1.807, 2.05) is 32.0 Å². The van der Waals surface area contributed by atoms with Crippen molar-refractivity contribution in [3.8, 4) is 17.1 Å². The Morgan fingerprint density at radius 3 is 2.62 bits per heavy atom. The number of carbonyl (C=O) groups is 2. The summed E-state index contributed by atoms with van der Waals surface area (Å²) in [5.41, 5.74) is 1.42.